The number of benzene rings is 1. The molecule has 4 rings (SSSR count). The first-order chi connectivity index (χ1) is 16.9. The van der Waals surface area contributed by atoms with Crippen LogP contribution in [0.2, 0.25) is 0 Å². The van der Waals surface area contributed by atoms with Crippen molar-refractivity contribution in [3.05, 3.63) is 63.5 Å². The van der Waals surface area contributed by atoms with Gasteiger partial charge in [0.15, 0.2) is 0 Å². The molecule has 1 saturated carbocycles. The van der Waals surface area contributed by atoms with Crippen molar-refractivity contribution >= 4 is 28.5 Å². The molecule has 1 aliphatic carbocycles. The first-order valence-corrected chi connectivity index (χ1v) is 13.5. The molecule has 2 heterocycles. The molecule has 0 aliphatic heterocycles. The fraction of sp³-hybridized carbons (Fsp3) is 0.464. The number of aryl methyl sites for hydroxylation is 1. The van der Waals surface area contributed by atoms with Gasteiger partial charge in [-0.15, -0.1) is 11.3 Å². The minimum atomic E-state index is -0.116. The summed E-state index contributed by atoms with van der Waals surface area (Å²) in [5.41, 5.74) is 4.24. The minimum Gasteiger partial charge on any atom is -0.371 e. The highest BCUT2D eigenvalue weighted by Gasteiger charge is 2.24. The number of aromatic nitrogens is 3. The Morgan fingerprint density at radius 1 is 1.17 bits per heavy atom. The van der Waals surface area contributed by atoms with Crippen LogP contribution in [0.25, 0.3) is 16.1 Å². The molecule has 1 fully saturated rings. The molecule has 3 aromatic rings. The predicted molar refractivity (Wildman–Crippen MR) is 148 cm³/mol. The van der Waals surface area contributed by atoms with Crippen LogP contribution < -0.4 is 15.4 Å². The summed E-state index contributed by atoms with van der Waals surface area (Å²) in [5, 5.41) is 1.03. The normalized spacial score (nSPS) is 13.8. The summed E-state index contributed by atoms with van der Waals surface area (Å²) in [4.78, 5) is 31.5. The van der Waals surface area contributed by atoms with Crippen molar-refractivity contribution < 1.29 is 0 Å². The van der Waals surface area contributed by atoms with Crippen LogP contribution in [0.1, 0.15) is 61.7 Å². The lowest BCUT2D eigenvalue weighted by atomic mass is 10.1. The molecule has 0 saturated heterocycles. The Kier molecular flexibility index (Phi) is 8.06. The fourth-order valence-corrected chi connectivity index (χ4v) is 5.95. The van der Waals surface area contributed by atoms with Crippen molar-refractivity contribution in [1.29, 1.82) is 0 Å². The van der Waals surface area contributed by atoms with E-state index in [9.17, 15) is 4.79 Å². The van der Waals surface area contributed by atoms with E-state index in [-0.39, 0.29) is 5.56 Å². The van der Waals surface area contributed by atoms with Gasteiger partial charge in [-0.3, -0.25) is 9.78 Å². The van der Waals surface area contributed by atoms with E-state index in [1.165, 1.54) is 30.6 Å². The number of hydrogen-bond acceptors (Lipinski definition) is 6. The molecule has 0 bridgehead atoms. The van der Waals surface area contributed by atoms with Crippen molar-refractivity contribution in [3.8, 4) is 10.6 Å². The predicted octanol–water partition coefficient (Wildman–Crippen LogP) is 6.28. The third kappa shape index (κ3) is 5.84. The van der Waals surface area contributed by atoms with Gasteiger partial charge in [-0.2, -0.15) is 0 Å². The van der Waals surface area contributed by atoms with Gasteiger partial charge in [-0.1, -0.05) is 63.1 Å². The number of thiazole rings is 1. The monoisotopic (exact) mass is 491 g/mol. The van der Waals surface area contributed by atoms with E-state index in [4.69, 9.17) is 9.97 Å². The van der Waals surface area contributed by atoms with E-state index in [1.54, 1.807) is 11.3 Å². The number of rotatable bonds is 10. The van der Waals surface area contributed by atoms with Crippen molar-refractivity contribution in [1.82, 2.24) is 15.0 Å². The molecule has 0 unspecified atom stereocenters. The van der Waals surface area contributed by atoms with Crippen molar-refractivity contribution in [3.63, 3.8) is 0 Å². The Bertz CT molecular complexity index is 1210. The van der Waals surface area contributed by atoms with E-state index in [0.29, 0.717) is 29.8 Å². The van der Waals surface area contributed by atoms with Gasteiger partial charge in [-0.25, -0.2) is 9.97 Å². The van der Waals surface area contributed by atoms with Crippen LogP contribution in [0, 0.1) is 12.8 Å². The van der Waals surface area contributed by atoms with Gasteiger partial charge in [0.25, 0.3) is 5.56 Å². The average molecular weight is 492 g/mol. The highest BCUT2D eigenvalue weighted by atomic mass is 32.1. The van der Waals surface area contributed by atoms with Gasteiger partial charge in [0.1, 0.15) is 10.7 Å². The first kappa shape index (κ1) is 25.2. The van der Waals surface area contributed by atoms with Crippen LogP contribution in [0.15, 0.2) is 41.7 Å². The summed E-state index contributed by atoms with van der Waals surface area (Å²) in [6.45, 7) is 10.0. The minimum absolute atomic E-state index is 0.116. The zero-order valence-electron chi connectivity index (χ0n) is 21.4. The third-order valence-electron chi connectivity index (χ3n) is 6.72. The topological polar surface area (TPSA) is 65.1 Å². The Labute approximate surface area is 212 Å². The van der Waals surface area contributed by atoms with E-state index in [0.717, 1.165) is 41.2 Å². The summed E-state index contributed by atoms with van der Waals surface area (Å²) in [5.74, 6) is 1.24. The Morgan fingerprint density at radius 3 is 2.54 bits per heavy atom. The van der Waals surface area contributed by atoms with E-state index in [2.05, 4.69) is 42.4 Å². The van der Waals surface area contributed by atoms with Crippen molar-refractivity contribution in [2.75, 3.05) is 30.4 Å². The number of hydrogen-bond donors (Lipinski definition) is 1. The summed E-state index contributed by atoms with van der Waals surface area (Å²) in [7, 11) is 3.77. The smallest absolute Gasteiger partial charge is 0.276 e. The lowest BCUT2D eigenvalue weighted by Crippen LogP contribution is -2.33. The maximum Gasteiger partial charge on any atom is 0.276 e. The Balaban J connectivity index is 1.73. The second-order valence-corrected chi connectivity index (χ2v) is 10.8. The largest absolute Gasteiger partial charge is 0.371 e. The highest BCUT2D eigenvalue weighted by molar-refractivity contribution is 7.15. The van der Waals surface area contributed by atoms with Gasteiger partial charge >= 0.3 is 0 Å². The summed E-state index contributed by atoms with van der Waals surface area (Å²) >= 11 is 1.73. The number of H-pyrrole nitrogens is 1. The fourth-order valence-electron chi connectivity index (χ4n) is 4.87. The molecule has 1 N–H and O–H groups in total. The van der Waals surface area contributed by atoms with E-state index < -0.39 is 0 Å². The lowest BCUT2D eigenvalue weighted by Gasteiger charge is -2.27. The summed E-state index contributed by atoms with van der Waals surface area (Å²) in [6, 6.07) is 10.3. The van der Waals surface area contributed by atoms with Crippen molar-refractivity contribution in [2.24, 2.45) is 5.92 Å². The van der Waals surface area contributed by atoms with Crippen LogP contribution in [0.4, 0.5) is 11.6 Å². The van der Waals surface area contributed by atoms with Crippen molar-refractivity contribution in [2.45, 2.75) is 58.9 Å². The summed E-state index contributed by atoms with van der Waals surface area (Å²) in [6.07, 6.45) is 6.78. The number of allylic oxidation sites excluding steroid dienone is 1. The number of nitrogens with zero attached hydrogens (tertiary/aromatic N) is 4. The highest BCUT2D eigenvalue weighted by Crippen LogP contribution is 2.32. The molecule has 6 nitrogen and oxygen atoms in total. The Morgan fingerprint density at radius 2 is 1.89 bits per heavy atom. The number of anilines is 2. The SMILES string of the molecule is C=C(CCC)c1nc(N(Cc2sc(-c3ccccc3)nc2C)CC2CCCC2)[nH]c(=O)c1N(C)C. The van der Waals surface area contributed by atoms with Gasteiger partial charge in [-0.05, 0) is 37.7 Å². The second kappa shape index (κ2) is 11.2. The molecule has 186 valence electrons. The molecular formula is C28H37N5OS. The van der Waals surface area contributed by atoms with Crippen LogP contribution >= 0.6 is 11.3 Å². The zero-order valence-corrected chi connectivity index (χ0v) is 22.2. The molecule has 7 heteroatoms. The maximum absolute atomic E-state index is 13.2. The third-order valence-corrected chi connectivity index (χ3v) is 7.91. The molecule has 2 aromatic heterocycles. The van der Waals surface area contributed by atoms with E-state index >= 15 is 0 Å². The van der Waals surface area contributed by atoms with Gasteiger partial charge < -0.3 is 9.80 Å². The summed E-state index contributed by atoms with van der Waals surface area (Å²) < 4.78 is 0. The van der Waals surface area contributed by atoms with Crippen LogP contribution in [0.5, 0.6) is 0 Å². The van der Waals surface area contributed by atoms with Gasteiger partial charge in [0.05, 0.1) is 17.9 Å². The Hall–Kier alpha value is -2.93. The second-order valence-electron chi connectivity index (χ2n) is 9.76. The van der Waals surface area contributed by atoms with E-state index in [1.807, 2.05) is 37.2 Å². The number of nitrogens with one attached hydrogen (secondary N) is 1. The molecule has 0 radical (unpaired) electrons. The zero-order chi connectivity index (χ0) is 24.9. The molecule has 1 aliphatic rings. The molecule has 0 atom stereocenters. The standard InChI is InChI=1S/C28H37N5OS/c1-6-12-19(2)24-25(32(4)5)26(34)31-28(30-24)33(17-21-13-10-11-14-21)18-23-20(3)29-27(35-23)22-15-8-7-9-16-22/h7-9,15-16,21H,2,6,10-14,17-18H2,1,3-5H3,(H,30,31,34). The average Bonchev–Trinajstić information content (AvgIpc) is 3.48. The van der Waals surface area contributed by atoms with Crippen LogP contribution in [-0.2, 0) is 6.54 Å². The molecule has 1 aromatic carbocycles. The van der Waals surface area contributed by atoms with Crippen LogP contribution in [-0.4, -0.2) is 35.6 Å². The molecule has 0 spiro atoms. The first-order valence-electron chi connectivity index (χ1n) is 12.6. The molecule has 0 amide bonds. The maximum atomic E-state index is 13.2. The number of aromatic amines is 1. The quantitative estimate of drug-likeness (QED) is 0.362. The van der Waals surface area contributed by atoms with Gasteiger partial charge in [0.2, 0.25) is 5.95 Å². The van der Waals surface area contributed by atoms with Gasteiger partial charge in [0, 0.05) is 31.1 Å². The lowest BCUT2D eigenvalue weighted by molar-refractivity contribution is 0.524. The molecular weight excluding hydrogens is 454 g/mol. The molecule has 35 heavy (non-hydrogen) atoms. The van der Waals surface area contributed by atoms with Crippen LogP contribution in [0.3, 0.4) is 0 Å².